The van der Waals surface area contributed by atoms with Gasteiger partial charge in [-0.15, -0.1) is 0 Å². The maximum absolute atomic E-state index is 14.7. The highest BCUT2D eigenvalue weighted by Gasteiger charge is 2.20. The zero-order valence-electron chi connectivity index (χ0n) is 18.9. The number of aliphatic imine (C=N–C) groups is 1. The molecule has 0 unspecified atom stereocenters. The number of hydrogen-bond acceptors (Lipinski definition) is 5. The van der Waals surface area contributed by atoms with Gasteiger partial charge in [-0.25, -0.2) is 18.2 Å². The highest BCUT2D eigenvalue weighted by molar-refractivity contribution is 5.95. The van der Waals surface area contributed by atoms with Crippen molar-refractivity contribution < 1.29 is 13.2 Å². The highest BCUT2D eigenvalue weighted by Crippen LogP contribution is 2.31. The van der Waals surface area contributed by atoms with Gasteiger partial charge >= 0.3 is 0 Å². The molecule has 0 aliphatic carbocycles. The Morgan fingerprint density at radius 1 is 1.00 bits per heavy atom. The average molecular weight is 475 g/mol. The molecule has 9 heteroatoms. The van der Waals surface area contributed by atoms with Crippen LogP contribution in [-0.4, -0.2) is 33.3 Å². The first-order valence-corrected chi connectivity index (χ1v) is 10.9. The number of hydrogen-bond donors (Lipinski definition) is 1. The van der Waals surface area contributed by atoms with Crippen LogP contribution in [0.1, 0.15) is 12.5 Å². The van der Waals surface area contributed by atoms with E-state index in [9.17, 15) is 18.0 Å². The molecule has 0 spiro atoms. The lowest BCUT2D eigenvalue weighted by Gasteiger charge is -2.16. The molecule has 1 aliphatic rings. The number of allylic oxidation sites excluding steroid dienone is 1. The lowest BCUT2D eigenvalue weighted by Crippen LogP contribution is -2.22. The van der Waals surface area contributed by atoms with E-state index in [-0.39, 0.29) is 11.6 Å². The molecule has 2 aromatic heterocycles. The average Bonchev–Trinajstić information content (AvgIpc) is 3.23. The number of pyridine rings is 1. The van der Waals surface area contributed by atoms with E-state index in [1.807, 2.05) is 13.0 Å². The molecule has 0 saturated carbocycles. The number of para-hydroxylation sites is 1. The van der Waals surface area contributed by atoms with Crippen molar-refractivity contribution in [2.45, 2.75) is 13.8 Å². The number of aromatic nitrogens is 3. The number of benzene rings is 2. The fourth-order valence-corrected chi connectivity index (χ4v) is 4.12. The van der Waals surface area contributed by atoms with Gasteiger partial charge in [-0.3, -0.25) is 14.4 Å². The van der Waals surface area contributed by atoms with Crippen LogP contribution in [0, 0.1) is 24.4 Å². The Morgan fingerprint density at radius 2 is 1.77 bits per heavy atom. The molecular formula is C26H20F3N5O. The Bertz CT molecular complexity index is 1590. The van der Waals surface area contributed by atoms with Crippen LogP contribution in [0.15, 0.2) is 70.0 Å². The van der Waals surface area contributed by atoms with Gasteiger partial charge in [-0.05, 0) is 67.5 Å². The molecule has 0 atom stereocenters. The second-order valence-electron chi connectivity index (χ2n) is 8.28. The summed E-state index contributed by atoms with van der Waals surface area (Å²) in [5, 5.41) is 3.51. The maximum Gasteiger partial charge on any atom is 0.256 e. The molecule has 35 heavy (non-hydrogen) atoms. The predicted molar refractivity (Wildman–Crippen MR) is 130 cm³/mol. The normalized spacial score (nSPS) is 13.2. The Kier molecular flexibility index (Phi) is 5.68. The third-order valence-corrected chi connectivity index (χ3v) is 5.77. The fourth-order valence-electron chi connectivity index (χ4n) is 4.12. The van der Waals surface area contributed by atoms with Crippen LogP contribution in [0.4, 0.5) is 19.1 Å². The van der Waals surface area contributed by atoms with Crippen LogP contribution in [0.5, 0.6) is 0 Å². The quantitative estimate of drug-likeness (QED) is 0.442. The largest absolute Gasteiger partial charge is 0.350 e. The van der Waals surface area contributed by atoms with Crippen LogP contribution >= 0.6 is 0 Å². The van der Waals surface area contributed by atoms with Crippen molar-refractivity contribution in [3.05, 3.63) is 93.5 Å². The van der Waals surface area contributed by atoms with Gasteiger partial charge in [-0.1, -0.05) is 6.07 Å². The minimum atomic E-state index is -0.907. The Balaban J connectivity index is 1.77. The first kappa shape index (κ1) is 22.5. The molecule has 0 saturated heterocycles. The van der Waals surface area contributed by atoms with Crippen molar-refractivity contribution in [3.63, 3.8) is 0 Å². The zero-order valence-corrected chi connectivity index (χ0v) is 18.9. The molecule has 176 valence electrons. The number of nitrogens with one attached hydrogen (secondary N) is 1. The summed E-state index contributed by atoms with van der Waals surface area (Å²) in [5.41, 5.74) is 2.35. The lowest BCUT2D eigenvalue weighted by molar-refractivity contribution is 0.568. The van der Waals surface area contributed by atoms with Gasteiger partial charge in [0, 0.05) is 29.3 Å². The molecule has 6 nitrogen and oxygen atoms in total. The van der Waals surface area contributed by atoms with E-state index in [0.717, 1.165) is 28.0 Å². The molecule has 0 fully saturated rings. The summed E-state index contributed by atoms with van der Waals surface area (Å²) in [6.07, 6.45) is 1.95. The van der Waals surface area contributed by atoms with Crippen LogP contribution in [0.3, 0.4) is 0 Å². The van der Waals surface area contributed by atoms with E-state index < -0.39 is 28.7 Å². The van der Waals surface area contributed by atoms with Crippen LogP contribution in [-0.2, 0) is 0 Å². The first-order valence-electron chi connectivity index (χ1n) is 10.9. The van der Waals surface area contributed by atoms with Crippen molar-refractivity contribution in [1.82, 2.24) is 14.5 Å². The van der Waals surface area contributed by atoms with E-state index in [0.29, 0.717) is 35.3 Å². The van der Waals surface area contributed by atoms with Gasteiger partial charge in [0.15, 0.2) is 5.65 Å². The molecule has 0 amide bonds. The zero-order chi connectivity index (χ0) is 24.7. The van der Waals surface area contributed by atoms with Crippen molar-refractivity contribution in [1.29, 1.82) is 0 Å². The van der Waals surface area contributed by atoms with Crippen molar-refractivity contribution in [2.24, 2.45) is 4.99 Å². The molecule has 3 heterocycles. The highest BCUT2D eigenvalue weighted by atomic mass is 19.1. The second-order valence-corrected chi connectivity index (χ2v) is 8.28. The first-order chi connectivity index (χ1) is 16.8. The minimum absolute atomic E-state index is 0.0190. The third-order valence-electron chi connectivity index (χ3n) is 5.77. The summed E-state index contributed by atoms with van der Waals surface area (Å²) >= 11 is 0. The molecule has 0 bridgehead atoms. The maximum atomic E-state index is 14.7. The summed E-state index contributed by atoms with van der Waals surface area (Å²) in [5.74, 6) is -2.07. The van der Waals surface area contributed by atoms with Crippen molar-refractivity contribution in [2.75, 3.05) is 18.4 Å². The Morgan fingerprint density at radius 3 is 2.46 bits per heavy atom. The van der Waals surface area contributed by atoms with E-state index in [1.165, 1.54) is 30.3 Å². The van der Waals surface area contributed by atoms with Gasteiger partial charge in [0.1, 0.15) is 23.1 Å². The summed E-state index contributed by atoms with van der Waals surface area (Å²) in [6, 6.07) is 10.3. The number of nitrogens with zero attached hydrogens (tertiary/aromatic N) is 4. The summed E-state index contributed by atoms with van der Waals surface area (Å²) in [7, 11) is 0. The molecule has 4 aromatic rings. The van der Waals surface area contributed by atoms with Crippen molar-refractivity contribution in [3.8, 4) is 16.9 Å². The lowest BCUT2D eigenvalue weighted by atomic mass is 10.0. The Hall–Kier alpha value is -4.27. The second kappa shape index (κ2) is 8.83. The van der Waals surface area contributed by atoms with E-state index in [1.54, 1.807) is 13.0 Å². The van der Waals surface area contributed by atoms with E-state index in [2.05, 4.69) is 20.3 Å². The summed E-state index contributed by atoms with van der Waals surface area (Å²) < 4.78 is 44.2. The molecule has 0 radical (unpaired) electrons. The topological polar surface area (TPSA) is 72.2 Å². The molecule has 1 aliphatic heterocycles. The molecule has 1 N–H and O–H groups in total. The number of rotatable bonds is 5. The van der Waals surface area contributed by atoms with Gasteiger partial charge in [0.05, 0.1) is 12.2 Å². The summed E-state index contributed by atoms with van der Waals surface area (Å²) in [6.45, 7) is 4.56. The number of fused-ring (bicyclic) bond motifs is 1. The predicted octanol–water partition coefficient (Wildman–Crippen LogP) is 4.99. The van der Waals surface area contributed by atoms with Gasteiger partial charge in [0.2, 0.25) is 5.95 Å². The van der Waals surface area contributed by atoms with Crippen LogP contribution in [0.25, 0.3) is 28.0 Å². The van der Waals surface area contributed by atoms with Gasteiger partial charge in [-0.2, -0.15) is 4.98 Å². The standard InChI is InChI=1S/C26H20F3N5O/c1-14-10-17(27)6-7-18(14)23-19-8-9-22(35)34(24-20(28)4-3-5-21(24)29)25(19)33-26(32-23)31-13-16-11-15(2)30-12-16/h3-11H,12-13H2,1-2H3,(H,31,32,33). The smallest absolute Gasteiger partial charge is 0.256 e. The summed E-state index contributed by atoms with van der Waals surface area (Å²) in [4.78, 5) is 26.3. The number of halogens is 3. The SMILES string of the molecule is CC1=NCC(CNc2nc(-c3ccc(F)cc3C)c3ccc(=O)n(-c4c(F)cccc4F)c3n2)=C1. The van der Waals surface area contributed by atoms with Gasteiger partial charge < -0.3 is 5.32 Å². The monoisotopic (exact) mass is 475 g/mol. The number of anilines is 1. The van der Waals surface area contributed by atoms with Crippen molar-refractivity contribution >= 4 is 22.7 Å². The van der Waals surface area contributed by atoms with Gasteiger partial charge in [0.25, 0.3) is 5.56 Å². The van der Waals surface area contributed by atoms with E-state index in [4.69, 9.17) is 0 Å². The van der Waals surface area contributed by atoms with E-state index >= 15 is 0 Å². The number of aryl methyl sites for hydroxylation is 1. The Labute approximate surface area is 198 Å². The van der Waals surface area contributed by atoms with Crippen LogP contribution in [0.2, 0.25) is 0 Å². The fraction of sp³-hybridized carbons (Fsp3) is 0.154. The van der Waals surface area contributed by atoms with Crippen LogP contribution < -0.4 is 10.9 Å². The molecule has 2 aromatic carbocycles. The molecule has 5 rings (SSSR count). The third kappa shape index (κ3) is 4.21. The minimum Gasteiger partial charge on any atom is -0.350 e. The molecular weight excluding hydrogens is 455 g/mol.